The maximum atomic E-state index is 13.5. The Labute approximate surface area is 114 Å². The van der Waals surface area contributed by atoms with Crippen molar-refractivity contribution >= 4 is 16.9 Å². The predicted molar refractivity (Wildman–Crippen MR) is 73.1 cm³/mol. The summed E-state index contributed by atoms with van der Waals surface area (Å²) in [4.78, 5) is 16.2. The van der Waals surface area contributed by atoms with E-state index in [0.29, 0.717) is 11.3 Å². The highest BCUT2D eigenvalue weighted by Gasteiger charge is 2.14. The fourth-order valence-corrected chi connectivity index (χ4v) is 1.94. The summed E-state index contributed by atoms with van der Waals surface area (Å²) in [6.07, 6.45) is 1.61. The molecule has 0 spiro atoms. The zero-order valence-corrected chi connectivity index (χ0v) is 10.4. The number of pyridine rings is 1. The summed E-state index contributed by atoms with van der Waals surface area (Å²) in [5, 5.41) is 0.853. The van der Waals surface area contributed by atoms with Crippen molar-refractivity contribution in [3.05, 3.63) is 72.2 Å². The average molecular weight is 267 g/mol. The molecule has 0 radical (unpaired) electrons. The SMILES string of the molecule is O=C(Oc1cccc2cccnc12)c1ccccc1F. The molecule has 0 bridgehead atoms. The second-order valence-corrected chi connectivity index (χ2v) is 4.20. The van der Waals surface area contributed by atoms with E-state index in [0.717, 1.165) is 5.39 Å². The molecule has 3 rings (SSSR count). The largest absolute Gasteiger partial charge is 0.421 e. The van der Waals surface area contributed by atoms with Gasteiger partial charge in [-0.1, -0.05) is 30.3 Å². The number of nitrogens with zero attached hydrogens (tertiary/aromatic N) is 1. The lowest BCUT2D eigenvalue weighted by Gasteiger charge is -2.07. The first kappa shape index (κ1) is 12.3. The van der Waals surface area contributed by atoms with Gasteiger partial charge in [0, 0.05) is 11.6 Å². The molecule has 3 nitrogen and oxygen atoms in total. The van der Waals surface area contributed by atoms with Gasteiger partial charge < -0.3 is 4.74 Å². The first-order valence-corrected chi connectivity index (χ1v) is 6.06. The molecule has 1 aromatic heterocycles. The van der Waals surface area contributed by atoms with Crippen LogP contribution in [0.15, 0.2) is 60.8 Å². The average Bonchev–Trinajstić information content (AvgIpc) is 2.48. The molecule has 20 heavy (non-hydrogen) atoms. The molecule has 0 unspecified atom stereocenters. The van der Waals surface area contributed by atoms with Crippen LogP contribution in [0.5, 0.6) is 5.75 Å². The Kier molecular flexibility index (Phi) is 3.13. The molecule has 0 fully saturated rings. The molecule has 0 atom stereocenters. The number of benzene rings is 2. The molecular weight excluding hydrogens is 257 g/mol. The van der Waals surface area contributed by atoms with Crippen LogP contribution in [0.4, 0.5) is 4.39 Å². The van der Waals surface area contributed by atoms with E-state index >= 15 is 0 Å². The minimum atomic E-state index is -0.735. The van der Waals surface area contributed by atoms with E-state index in [1.54, 1.807) is 30.5 Å². The van der Waals surface area contributed by atoms with E-state index in [4.69, 9.17) is 4.74 Å². The molecule has 0 aliphatic carbocycles. The Bertz CT molecular complexity index is 781. The smallest absolute Gasteiger partial charge is 0.346 e. The Morgan fingerprint density at radius 2 is 1.80 bits per heavy atom. The zero-order valence-electron chi connectivity index (χ0n) is 10.4. The van der Waals surface area contributed by atoms with Gasteiger partial charge in [0.2, 0.25) is 0 Å². The third-order valence-corrected chi connectivity index (χ3v) is 2.89. The Morgan fingerprint density at radius 3 is 2.65 bits per heavy atom. The van der Waals surface area contributed by atoms with Crippen molar-refractivity contribution in [2.45, 2.75) is 0 Å². The Morgan fingerprint density at radius 1 is 1.00 bits per heavy atom. The number of rotatable bonds is 2. The molecule has 0 saturated heterocycles. The second-order valence-electron chi connectivity index (χ2n) is 4.20. The third kappa shape index (κ3) is 2.23. The van der Waals surface area contributed by atoms with E-state index < -0.39 is 11.8 Å². The van der Waals surface area contributed by atoms with Crippen LogP contribution in [0.1, 0.15) is 10.4 Å². The van der Waals surface area contributed by atoms with Gasteiger partial charge in [-0.05, 0) is 24.3 Å². The van der Waals surface area contributed by atoms with Gasteiger partial charge in [0.25, 0.3) is 0 Å². The fraction of sp³-hybridized carbons (Fsp3) is 0. The van der Waals surface area contributed by atoms with Gasteiger partial charge in [-0.2, -0.15) is 0 Å². The number of hydrogen-bond donors (Lipinski definition) is 0. The van der Waals surface area contributed by atoms with E-state index in [-0.39, 0.29) is 5.56 Å². The molecule has 3 aromatic rings. The number of aromatic nitrogens is 1. The molecule has 2 aromatic carbocycles. The van der Waals surface area contributed by atoms with Crippen molar-refractivity contribution in [3.63, 3.8) is 0 Å². The highest BCUT2D eigenvalue weighted by molar-refractivity contribution is 5.94. The van der Waals surface area contributed by atoms with Crippen LogP contribution in [0, 0.1) is 5.82 Å². The number of ether oxygens (including phenoxy) is 1. The fourth-order valence-electron chi connectivity index (χ4n) is 1.94. The number of para-hydroxylation sites is 1. The van der Waals surface area contributed by atoms with Gasteiger partial charge in [-0.15, -0.1) is 0 Å². The number of esters is 1. The molecule has 0 aliphatic heterocycles. The normalized spacial score (nSPS) is 10.4. The van der Waals surface area contributed by atoms with Crippen LogP contribution >= 0.6 is 0 Å². The number of carbonyl (C=O) groups is 1. The molecule has 98 valence electrons. The number of carbonyl (C=O) groups excluding carboxylic acids is 1. The maximum Gasteiger partial charge on any atom is 0.346 e. The highest BCUT2D eigenvalue weighted by atomic mass is 19.1. The summed E-state index contributed by atoms with van der Waals surface area (Å²) < 4.78 is 18.8. The molecule has 4 heteroatoms. The molecule has 0 aliphatic rings. The third-order valence-electron chi connectivity index (χ3n) is 2.89. The van der Waals surface area contributed by atoms with Crippen molar-refractivity contribution in [1.29, 1.82) is 0 Å². The van der Waals surface area contributed by atoms with Crippen LogP contribution in [-0.2, 0) is 0 Å². The molecule has 0 N–H and O–H groups in total. The van der Waals surface area contributed by atoms with Crippen molar-refractivity contribution in [1.82, 2.24) is 4.98 Å². The standard InChI is InChI=1S/C16H10FNO2/c17-13-8-2-1-7-12(13)16(19)20-14-9-3-5-11-6-4-10-18-15(11)14/h1-10H. The first-order chi connectivity index (χ1) is 9.75. The zero-order chi connectivity index (χ0) is 13.9. The minimum Gasteiger partial charge on any atom is -0.421 e. The summed E-state index contributed by atoms with van der Waals surface area (Å²) >= 11 is 0. The topological polar surface area (TPSA) is 39.2 Å². The van der Waals surface area contributed by atoms with Crippen LogP contribution in [-0.4, -0.2) is 11.0 Å². The van der Waals surface area contributed by atoms with Crippen molar-refractivity contribution in [3.8, 4) is 5.75 Å². The Hall–Kier alpha value is -2.75. The number of halogens is 1. The minimum absolute atomic E-state index is 0.0968. The van der Waals surface area contributed by atoms with Crippen molar-refractivity contribution < 1.29 is 13.9 Å². The monoisotopic (exact) mass is 267 g/mol. The summed E-state index contributed by atoms with van der Waals surface area (Å²) in [5.74, 6) is -1.02. The Balaban J connectivity index is 1.98. The lowest BCUT2D eigenvalue weighted by atomic mass is 10.2. The lowest BCUT2D eigenvalue weighted by Crippen LogP contribution is -2.10. The summed E-state index contributed by atoms with van der Waals surface area (Å²) in [6, 6.07) is 14.6. The van der Waals surface area contributed by atoms with Crippen molar-refractivity contribution in [2.75, 3.05) is 0 Å². The van der Waals surface area contributed by atoms with E-state index in [9.17, 15) is 9.18 Å². The first-order valence-electron chi connectivity index (χ1n) is 6.06. The van der Waals surface area contributed by atoms with Gasteiger partial charge in [0.05, 0.1) is 5.56 Å². The van der Waals surface area contributed by atoms with Crippen LogP contribution < -0.4 is 4.74 Å². The van der Waals surface area contributed by atoms with Crippen LogP contribution in [0.25, 0.3) is 10.9 Å². The van der Waals surface area contributed by atoms with Crippen LogP contribution in [0.3, 0.4) is 0 Å². The second kappa shape index (κ2) is 5.09. The number of fused-ring (bicyclic) bond motifs is 1. The van der Waals surface area contributed by atoms with E-state index in [1.807, 2.05) is 12.1 Å². The van der Waals surface area contributed by atoms with Crippen LogP contribution in [0.2, 0.25) is 0 Å². The van der Waals surface area contributed by atoms with E-state index in [1.165, 1.54) is 18.2 Å². The summed E-state index contributed by atoms with van der Waals surface area (Å²) in [5.41, 5.74) is 0.472. The lowest BCUT2D eigenvalue weighted by molar-refractivity contribution is 0.0732. The maximum absolute atomic E-state index is 13.5. The van der Waals surface area contributed by atoms with Crippen molar-refractivity contribution in [2.24, 2.45) is 0 Å². The van der Waals surface area contributed by atoms with Gasteiger partial charge in [-0.3, -0.25) is 4.98 Å². The molecule has 1 heterocycles. The summed E-state index contributed by atoms with van der Waals surface area (Å²) in [6.45, 7) is 0. The number of hydrogen-bond acceptors (Lipinski definition) is 3. The van der Waals surface area contributed by atoms with Gasteiger partial charge in [0.1, 0.15) is 11.3 Å². The molecule has 0 amide bonds. The van der Waals surface area contributed by atoms with Gasteiger partial charge in [-0.25, -0.2) is 9.18 Å². The van der Waals surface area contributed by atoms with Gasteiger partial charge in [0.15, 0.2) is 5.75 Å². The van der Waals surface area contributed by atoms with Gasteiger partial charge >= 0.3 is 5.97 Å². The predicted octanol–water partition coefficient (Wildman–Crippen LogP) is 3.59. The highest BCUT2D eigenvalue weighted by Crippen LogP contribution is 2.24. The molecular formula is C16H10FNO2. The molecule has 0 saturated carbocycles. The quantitative estimate of drug-likeness (QED) is 0.526. The summed E-state index contributed by atoms with van der Waals surface area (Å²) in [7, 11) is 0. The van der Waals surface area contributed by atoms with E-state index in [2.05, 4.69) is 4.98 Å².